The zero-order valence-corrected chi connectivity index (χ0v) is 13.2. The predicted octanol–water partition coefficient (Wildman–Crippen LogP) is 0.577. The first-order valence-electron chi connectivity index (χ1n) is 7.12. The molecule has 1 aliphatic heterocycles. The van der Waals surface area contributed by atoms with Crippen molar-refractivity contribution in [3.63, 3.8) is 0 Å². The Kier molecular flexibility index (Phi) is 5.14. The number of aryl methyl sites for hydroxylation is 1. The molecule has 2 N–H and O–H groups in total. The number of esters is 1. The van der Waals surface area contributed by atoms with Gasteiger partial charge in [0.2, 0.25) is 0 Å². The Bertz CT molecular complexity index is 728. The number of aliphatic hydroxyl groups is 1. The molecule has 0 aliphatic carbocycles. The van der Waals surface area contributed by atoms with Crippen LogP contribution < -0.4 is 5.32 Å². The number of nitro benzene ring substituents is 1. The monoisotopic (exact) mass is 335 g/mol. The number of rotatable bonds is 6. The summed E-state index contributed by atoms with van der Waals surface area (Å²) in [4.78, 5) is 36.2. The molecule has 1 heterocycles. The van der Waals surface area contributed by atoms with E-state index < -0.39 is 16.8 Å². The van der Waals surface area contributed by atoms with Crippen LogP contribution in [-0.2, 0) is 14.3 Å². The van der Waals surface area contributed by atoms with E-state index in [1.807, 2.05) is 0 Å². The van der Waals surface area contributed by atoms with Gasteiger partial charge in [0, 0.05) is 12.6 Å². The van der Waals surface area contributed by atoms with E-state index in [0.717, 1.165) is 0 Å². The molecule has 128 valence electrons. The van der Waals surface area contributed by atoms with Crippen LogP contribution in [0.1, 0.15) is 5.56 Å². The van der Waals surface area contributed by atoms with Crippen molar-refractivity contribution in [2.45, 2.75) is 6.92 Å². The second-order valence-corrected chi connectivity index (χ2v) is 5.20. The molecule has 0 aromatic heterocycles. The number of methoxy groups -OCH3 is 1. The number of nitrogens with one attached hydrogen (secondary N) is 1. The summed E-state index contributed by atoms with van der Waals surface area (Å²) in [6, 6.07) is 4.49. The van der Waals surface area contributed by atoms with Gasteiger partial charge in [0.1, 0.15) is 11.4 Å². The second-order valence-electron chi connectivity index (χ2n) is 5.20. The summed E-state index contributed by atoms with van der Waals surface area (Å²) in [5.74, 6) is -1.24. The highest BCUT2D eigenvalue weighted by atomic mass is 16.6. The number of nitrogens with zero attached hydrogens (tertiary/aromatic N) is 2. The van der Waals surface area contributed by atoms with Crippen LogP contribution in [-0.4, -0.2) is 53.6 Å². The molecule has 0 bridgehead atoms. The van der Waals surface area contributed by atoms with E-state index in [9.17, 15) is 19.7 Å². The molecule has 0 radical (unpaired) electrons. The number of β-amino-alcohol motifs (C(OH)–C–C–N with tert-alkyl or cyclic N) is 1. The molecule has 0 saturated carbocycles. The quantitative estimate of drug-likeness (QED) is 0.443. The normalized spacial score (nSPS) is 14.1. The minimum Gasteiger partial charge on any atom is -0.466 e. The lowest BCUT2D eigenvalue weighted by Gasteiger charge is -2.15. The summed E-state index contributed by atoms with van der Waals surface area (Å²) in [5.41, 5.74) is 0.559. The Morgan fingerprint density at radius 3 is 2.79 bits per heavy atom. The lowest BCUT2D eigenvalue weighted by Crippen LogP contribution is -2.31. The van der Waals surface area contributed by atoms with Gasteiger partial charge in [-0.15, -0.1) is 0 Å². The van der Waals surface area contributed by atoms with E-state index in [4.69, 9.17) is 5.11 Å². The number of aliphatic hydroxyl groups excluding tert-OH is 1. The number of anilines is 1. The fourth-order valence-corrected chi connectivity index (χ4v) is 2.38. The van der Waals surface area contributed by atoms with E-state index >= 15 is 0 Å². The molecule has 1 amide bonds. The van der Waals surface area contributed by atoms with Crippen LogP contribution in [0.5, 0.6) is 0 Å². The van der Waals surface area contributed by atoms with Crippen molar-refractivity contribution in [1.29, 1.82) is 0 Å². The molecule has 1 aromatic rings. The number of benzene rings is 1. The minimum atomic E-state index is -0.707. The molecule has 1 aliphatic rings. The first-order valence-corrected chi connectivity index (χ1v) is 7.12. The van der Waals surface area contributed by atoms with Crippen LogP contribution in [0, 0.1) is 17.0 Å². The van der Waals surface area contributed by atoms with Crippen molar-refractivity contribution in [2.24, 2.45) is 0 Å². The molecule has 2 rings (SSSR count). The molecule has 0 atom stereocenters. The average molecular weight is 335 g/mol. The van der Waals surface area contributed by atoms with Crippen LogP contribution in [0.4, 0.5) is 11.4 Å². The number of ether oxygens (including phenoxy) is 1. The van der Waals surface area contributed by atoms with Gasteiger partial charge in [-0.2, -0.15) is 0 Å². The molecule has 9 heteroatoms. The van der Waals surface area contributed by atoms with Crippen LogP contribution in [0.2, 0.25) is 0 Å². The third-order valence-corrected chi connectivity index (χ3v) is 3.56. The van der Waals surface area contributed by atoms with Gasteiger partial charge in [-0.3, -0.25) is 14.9 Å². The number of carbonyl (C=O) groups is 2. The van der Waals surface area contributed by atoms with E-state index in [1.54, 1.807) is 13.0 Å². The molecule has 0 unspecified atom stereocenters. The molecule has 24 heavy (non-hydrogen) atoms. The van der Waals surface area contributed by atoms with Crippen molar-refractivity contribution in [3.05, 3.63) is 45.1 Å². The zero-order chi connectivity index (χ0) is 17.9. The van der Waals surface area contributed by atoms with Crippen LogP contribution in [0.15, 0.2) is 29.5 Å². The van der Waals surface area contributed by atoms with Gasteiger partial charge in [-0.1, -0.05) is 6.07 Å². The van der Waals surface area contributed by atoms with Crippen molar-refractivity contribution in [1.82, 2.24) is 4.90 Å². The van der Waals surface area contributed by atoms with Gasteiger partial charge >= 0.3 is 5.97 Å². The summed E-state index contributed by atoms with van der Waals surface area (Å²) < 4.78 is 4.66. The van der Waals surface area contributed by atoms with Crippen molar-refractivity contribution in [3.8, 4) is 0 Å². The number of nitro groups is 1. The lowest BCUT2D eigenvalue weighted by atomic mass is 10.1. The molecule has 0 spiro atoms. The molecule has 0 fully saturated rings. The first kappa shape index (κ1) is 17.4. The maximum absolute atomic E-state index is 12.4. The highest BCUT2D eigenvalue weighted by Crippen LogP contribution is 2.29. The Morgan fingerprint density at radius 1 is 1.50 bits per heavy atom. The number of hydrogen-bond donors (Lipinski definition) is 2. The Balaban J connectivity index is 2.43. The number of carbonyl (C=O) groups excluding carboxylic acids is 2. The molecular weight excluding hydrogens is 318 g/mol. The fraction of sp³-hybridized carbons (Fsp3) is 0.333. The van der Waals surface area contributed by atoms with Crippen molar-refractivity contribution in [2.75, 3.05) is 32.1 Å². The molecule has 1 aromatic carbocycles. The van der Waals surface area contributed by atoms with Crippen molar-refractivity contribution < 1.29 is 24.4 Å². The average Bonchev–Trinajstić information content (AvgIpc) is 2.85. The van der Waals surface area contributed by atoms with Gasteiger partial charge in [0.25, 0.3) is 11.6 Å². The summed E-state index contributed by atoms with van der Waals surface area (Å²) in [7, 11) is 1.18. The summed E-state index contributed by atoms with van der Waals surface area (Å²) in [6.45, 7) is 1.45. The third kappa shape index (κ3) is 3.35. The summed E-state index contributed by atoms with van der Waals surface area (Å²) >= 11 is 0. The SMILES string of the molecule is COC(=O)C1=C(Nc2ccc(C)cc2[N+](=O)[O-])C(=O)N(CCO)C1. The molecule has 0 saturated heterocycles. The third-order valence-electron chi connectivity index (χ3n) is 3.56. The maximum atomic E-state index is 12.4. The molecular formula is C15H17N3O6. The minimum absolute atomic E-state index is 0.0337. The highest BCUT2D eigenvalue weighted by molar-refractivity contribution is 6.08. The summed E-state index contributed by atoms with van der Waals surface area (Å²) in [6.07, 6.45) is 0. The lowest BCUT2D eigenvalue weighted by molar-refractivity contribution is -0.384. The highest BCUT2D eigenvalue weighted by Gasteiger charge is 2.35. The topological polar surface area (TPSA) is 122 Å². The van der Waals surface area contributed by atoms with E-state index in [2.05, 4.69) is 10.1 Å². The number of amides is 1. The number of hydrogen-bond acceptors (Lipinski definition) is 7. The first-order chi connectivity index (χ1) is 11.4. The van der Waals surface area contributed by atoms with Crippen LogP contribution in [0.25, 0.3) is 0 Å². The largest absolute Gasteiger partial charge is 0.466 e. The van der Waals surface area contributed by atoms with Crippen LogP contribution in [0.3, 0.4) is 0 Å². The van der Waals surface area contributed by atoms with Gasteiger partial charge in [-0.25, -0.2) is 4.79 Å². The van der Waals surface area contributed by atoms with Gasteiger partial charge in [-0.05, 0) is 18.6 Å². The summed E-state index contributed by atoms with van der Waals surface area (Å²) in [5, 5.41) is 22.9. The predicted molar refractivity (Wildman–Crippen MR) is 84.2 cm³/mol. The standard InChI is InChI=1S/C15H17N3O6/c1-9-3-4-11(12(7-9)18(22)23)16-13-10(15(21)24-2)8-17(5-6-19)14(13)20/h3-4,7,16,19H,5-6,8H2,1-2H3. The Hall–Kier alpha value is -2.94. The van der Waals surface area contributed by atoms with E-state index in [-0.39, 0.29) is 42.3 Å². The zero-order valence-electron chi connectivity index (χ0n) is 13.2. The van der Waals surface area contributed by atoms with E-state index in [0.29, 0.717) is 5.56 Å². The maximum Gasteiger partial charge on any atom is 0.337 e. The van der Waals surface area contributed by atoms with Gasteiger partial charge < -0.3 is 20.1 Å². The van der Waals surface area contributed by atoms with E-state index in [1.165, 1.54) is 24.1 Å². The fourth-order valence-electron chi connectivity index (χ4n) is 2.38. The smallest absolute Gasteiger partial charge is 0.337 e. The Morgan fingerprint density at radius 2 is 2.21 bits per heavy atom. The van der Waals surface area contributed by atoms with Gasteiger partial charge in [0.15, 0.2) is 0 Å². The Labute approximate surface area is 137 Å². The van der Waals surface area contributed by atoms with Crippen molar-refractivity contribution >= 4 is 23.3 Å². The van der Waals surface area contributed by atoms with Gasteiger partial charge in [0.05, 0.1) is 30.8 Å². The second kappa shape index (κ2) is 7.09. The molecule has 9 nitrogen and oxygen atoms in total. The van der Waals surface area contributed by atoms with Crippen LogP contribution >= 0.6 is 0 Å².